The van der Waals surface area contributed by atoms with E-state index in [1.807, 2.05) is 0 Å². The Morgan fingerprint density at radius 2 is 1.88 bits per heavy atom. The number of carbonyl (C=O) groups is 2. The van der Waals surface area contributed by atoms with Crippen molar-refractivity contribution in [2.45, 2.75) is 32.3 Å². The molecule has 0 saturated carbocycles. The summed E-state index contributed by atoms with van der Waals surface area (Å²) in [5.41, 5.74) is 1.53. The molecule has 0 spiro atoms. The molecule has 0 atom stereocenters. The number of hydrogen-bond donors (Lipinski definition) is 1. The van der Waals surface area contributed by atoms with Crippen LogP contribution in [0.4, 0.5) is 0 Å². The minimum absolute atomic E-state index is 0.0676. The summed E-state index contributed by atoms with van der Waals surface area (Å²) in [6.07, 6.45) is 0. The standard InChI is InChI=1S/C16H18N2O6S2/c1-4-23-16(20)14-18-12(8-25-14)7-24-15(19)11-5-9(2)10(3)13(6-11)26(17,21)22/h5-6,8H,4,7H2,1-3H3,(H2,17,21,22). The van der Waals surface area contributed by atoms with Gasteiger partial charge in [0.05, 0.1) is 22.8 Å². The minimum Gasteiger partial charge on any atom is -0.461 e. The number of nitrogens with zero attached hydrogens (tertiary/aromatic N) is 1. The van der Waals surface area contributed by atoms with Crippen molar-refractivity contribution in [3.05, 3.63) is 44.9 Å². The summed E-state index contributed by atoms with van der Waals surface area (Å²) in [6.45, 7) is 5.05. The third kappa shape index (κ3) is 4.65. The Balaban J connectivity index is 2.14. The SMILES string of the molecule is CCOC(=O)c1nc(COC(=O)c2cc(C)c(C)c(S(N)(=O)=O)c2)cs1. The van der Waals surface area contributed by atoms with Gasteiger partial charge in [-0.25, -0.2) is 28.1 Å². The third-order valence-electron chi connectivity index (χ3n) is 3.51. The van der Waals surface area contributed by atoms with E-state index in [-0.39, 0.29) is 28.7 Å². The van der Waals surface area contributed by atoms with E-state index in [0.29, 0.717) is 16.8 Å². The topological polar surface area (TPSA) is 126 Å². The number of ether oxygens (including phenoxy) is 2. The summed E-state index contributed by atoms with van der Waals surface area (Å²) in [4.78, 5) is 27.7. The predicted octanol–water partition coefficient (Wildman–Crippen LogP) is 1.94. The highest BCUT2D eigenvalue weighted by Crippen LogP contribution is 2.21. The van der Waals surface area contributed by atoms with E-state index in [9.17, 15) is 18.0 Å². The first-order valence-electron chi connectivity index (χ1n) is 7.56. The number of aryl methyl sites for hydroxylation is 1. The number of rotatable bonds is 6. The molecule has 0 fully saturated rings. The molecular weight excluding hydrogens is 380 g/mol. The van der Waals surface area contributed by atoms with Crippen LogP contribution in [-0.2, 0) is 26.1 Å². The Kier molecular flexibility index (Phi) is 6.11. The minimum atomic E-state index is -3.96. The molecule has 8 nitrogen and oxygen atoms in total. The number of thiazole rings is 1. The van der Waals surface area contributed by atoms with Gasteiger partial charge < -0.3 is 9.47 Å². The van der Waals surface area contributed by atoms with Gasteiger partial charge in [0.1, 0.15) is 6.61 Å². The van der Waals surface area contributed by atoms with Crippen LogP contribution >= 0.6 is 11.3 Å². The van der Waals surface area contributed by atoms with Crippen molar-refractivity contribution < 1.29 is 27.5 Å². The van der Waals surface area contributed by atoms with Crippen molar-refractivity contribution in [1.29, 1.82) is 0 Å². The van der Waals surface area contributed by atoms with E-state index in [1.54, 1.807) is 26.2 Å². The number of nitrogens with two attached hydrogens (primary N) is 1. The molecule has 0 amide bonds. The third-order valence-corrected chi connectivity index (χ3v) is 5.42. The fourth-order valence-corrected chi connectivity index (χ4v) is 3.70. The average Bonchev–Trinajstić information content (AvgIpc) is 3.03. The van der Waals surface area contributed by atoms with E-state index in [0.717, 1.165) is 11.3 Å². The smallest absolute Gasteiger partial charge is 0.367 e. The van der Waals surface area contributed by atoms with E-state index < -0.39 is 22.0 Å². The molecule has 1 heterocycles. The van der Waals surface area contributed by atoms with E-state index >= 15 is 0 Å². The second-order valence-electron chi connectivity index (χ2n) is 5.40. The van der Waals surface area contributed by atoms with Gasteiger partial charge >= 0.3 is 11.9 Å². The maximum atomic E-state index is 12.2. The van der Waals surface area contributed by atoms with Crippen LogP contribution in [0.5, 0.6) is 0 Å². The zero-order chi connectivity index (χ0) is 19.5. The summed E-state index contributed by atoms with van der Waals surface area (Å²) >= 11 is 1.08. The van der Waals surface area contributed by atoms with Gasteiger partial charge in [-0.2, -0.15) is 0 Å². The molecule has 2 aromatic rings. The van der Waals surface area contributed by atoms with Crippen LogP contribution < -0.4 is 5.14 Å². The molecule has 26 heavy (non-hydrogen) atoms. The first kappa shape index (κ1) is 20.0. The van der Waals surface area contributed by atoms with Gasteiger partial charge in [0.25, 0.3) is 0 Å². The molecule has 0 aliphatic heterocycles. The number of aromatic nitrogens is 1. The molecule has 0 aliphatic carbocycles. The average molecular weight is 398 g/mol. The van der Waals surface area contributed by atoms with Gasteiger partial charge in [0.2, 0.25) is 15.0 Å². The normalized spacial score (nSPS) is 11.2. The van der Waals surface area contributed by atoms with Crippen LogP contribution in [0.2, 0.25) is 0 Å². The Labute approximate surface area is 155 Å². The highest BCUT2D eigenvalue weighted by molar-refractivity contribution is 7.89. The van der Waals surface area contributed by atoms with Gasteiger partial charge in [0, 0.05) is 5.38 Å². The molecule has 0 bridgehead atoms. The molecule has 2 rings (SSSR count). The van der Waals surface area contributed by atoms with Crippen molar-refractivity contribution in [2.75, 3.05) is 6.61 Å². The number of primary sulfonamides is 1. The van der Waals surface area contributed by atoms with Gasteiger partial charge in [-0.05, 0) is 44.0 Å². The number of carbonyl (C=O) groups excluding carboxylic acids is 2. The number of esters is 2. The lowest BCUT2D eigenvalue weighted by atomic mass is 10.1. The van der Waals surface area contributed by atoms with Crippen molar-refractivity contribution >= 4 is 33.3 Å². The van der Waals surface area contributed by atoms with Crippen molar-refractivity contribution in [2.24, 2.45) is 5.14 Å². The molecule has 0 aliphatic rings. The Morgan fingerprint density at radius 1 is 1.19 bits per heavy atom. The first-order chi connectivity index (χ1) is 12.1. The Hall–Kier alpha value is -2.30. The summed E-state index contributed by atoms with van der Waals surface area (Å²) in [5.74, 6) is -1.26. The quantitative estimate of drug-likeness (QED) is 0.737. The molecule has 140 valence electrons. The van der Waals surface area contributed by atoms with Crippen molar-refractivity contribution in [3.63, 3.8) is 0 Å². The lowest BCUT2D eigenvalue weighted by molar-refractivity contribution is 0.0468. The largest absolute Gasteiger partial charge is 0.461 e. The summed E-state index contributed by atoms with van der Waals surface area (Å²) < 4.78 is 33.3. The predicted molar refractivity (Wildman–Crippen MR) is 94.5 cm³/mol. The monoisotopic (exact) mass is 398 g/mol. The van der Waals surface area contributed by atoms with E-state index in [2.05, 4.69) is 4.98 Å². The molecule has 0 radical (unpaired) electrons. The van der Waals surface area contributed by atoms with Crippen molar-refractivity contribution in [3.8, 4) is 0 Å². The van der Waals surface area contributed by atoms with Gasteiger partial charge in [-0.1, -0.05) is 0 Å². The van der Waals surface area contributed by atoms with E-state index in [4.69, 9.17) is 14.6 Å². The van der Waals surface area contributed by atoms with Crippen LogP contribution in [0, 0.1) is 13.8 Å². The van der Waals surface area contributed by atoms with Crippen LogP contribution in [0.3, 0.4) is 0 Å². The number of benzene rings is 1. The van der Waals surface area contributed by atoms with Gasteiger partial charge in [-0.3, -0.25) is 0 Å². The van der Waals surface area contributed by atoms with Crippen molar-refractivity contribution in [1.82, 2.24) is 4.98 Å². The summed E-state index contributed by atoms with van der Waals surface area (Å²) in [7, 11) is -3.96. The Bertz CT molecular complexity index is 950. The molecular formula is C16H18N2O6S2. The number of hydrogen-bond acceptors (Lipinski definition) is 8. The fraction of sp³-hybridized carbons (Fsp3) is 0.312. The lowest BCUT2D eigenvalue weighted by Gasteiger charge is -2.10. The zero-order valence-electron chi connectivity index (χ0n) is 14.4. The highest BCUT2D eigenvalue weighted by atomic mass is 32.2. The fourth-order valence-electron chi connectivity index (χ4n) is 2.12. The van der Waals surface area contributed by atoms with Gasteiger partial charge in [-0.15, -0.1) is 11.3 Å². The molecule has 10 heteroatoms. The summed E-state index contributed by atoms with van der Waals surface area (Å²) in [6, 6.07) is 2.71. The summed E-state index contributed by atoms with van der Waals surface area (Å²) in [5, 5.41) is 6.93. The second kappa shape index (κ2) is 7.94. The molecule has 1 aromatic carbocycles. The number of sulfonamides is 1. The van der Waals surface area contributed by atoms with Crippen LogP contribution in [0.25, 0.3) is 0 Å². The maximum absolute atomic E-state index is 12.2. The van der Waals surface area contributed by atoms with Gasteiger partial charge in [0.15, 0.2) is 0 Å². The van der Waals surface area contributed by atoms with Crippen LogP contribution in [-0.4, -0.2) is 31.9 Å². The first-order valence-corrected chi connectivity index (χ1v) is 9.98. The molecule has 0 unspecified atom stereocenters. The second-order valence-corrected chi connectivity index (χ2v) is 7.79. The Morgan fingerprint density at radius 3 is 2.50 bits per heavy atom. The highest BCUT2D eigenvalue weighted by Gasteiger charge is 2.19. The zero-order valence-corrected chi connectivity index (χ0v) is 16.1. The molecule has 0 saturated heterocycles. The molecule has 1 aromatic heterocycles. The molecule has 2 N–H and O–H groups in total. The van der Waals surface area contributed by atoms with Crippen LogP contribution in [0.15, 0.2) is 22.4 Å². The van der Waals surface area contributed by atoms with Crippen LogP contribution in [0.1, 0.15) is 43.9 Å². The lowest BCUT2D eigenvalue weighted by Crippen LogP contribution is -2.16. The maximum Gasteiger partial charge on any atom is 0.367 e. The van der Waals surface area contributed by atoms with E-state index in [1.165, 1.54) is 12.1 Å².